The molecule has 0 amide bonds. The third-order valence-corrected chi connectivity index (χ3v) is 3.58. The molecule has 6 heteroatoms. The van der Waals surface area contributed by atoms with E-state index in [-0.39, 0.29) is 6.61 Å². The molecule has 0 aliphatic rings. The summed E-state index contributed by atoms with van der Waals surface area (Å²) in [7, 11) is 1.62. The van der Waals surface area contributed by atoms with Gasteiger partial charge in [-0.15, -0.1) is 0 Å². The zero-order chi connectivity index (χ0) is 18.9. The van der Waals surface area contributed by atoms with E-state index in [0.717, 1.165) is 23.1 Å². The third-order valence-electron chi connectivity index (χ3n) is 3.58. The van der Waals surface area contributed by atoms with Crippen molar-refractivity contribution >= 4 is 17.8 Å². The molecule has 2 rings (SSSR count). The van der Waals surface area contributed by atoms with Crippen LogP contribution < -0.4 is 4.74 Å². The summed E-state index contributed by atoms with van der Waals surface area (Å²) in [4.78, 5) is 23.2. The van der Waals surface area contributed by atoms with E-state index in [1.54, 1.807) is 20.1 Å². The number of benzene rings is 1. The minimum absolute atomic E-state index is 0.122. The first-order chi connectivity index (χ1) is 12.5. The minimum atomic E-state index is -0.922. The summed E-state index contributed by atoms with van der Waals surface area (Å²) in [5, 5.41) is 9.50. The summed E-state index contributed by atoms with van der Waals surface area (Å²) in [5.74, 6) is -1.37. The number of nitrogens with zero attached hydrogens (tertiary/aromatic N) is 1. The van der Waals surface area contributed by atoms with Crippen molar-refractivity contribution in [2.75, 3.05) is 13.7 Å². The van der Waals surface area contributed by atoms with Gasteiger partial charge < -0.3 is 19.1 Å². The van der Waals surface area contributed by atoms with Crippen molar-refractivity contribution < 1.29 is 24.2 Å². The summed E-state index contributed by atoms with van der Waals surface area (Å²) in [6, 6.07) is 11.4. The number of aliphatic hydroxyl groups is 1. The molecule has 0 radical (unpaired) electrons. The number of carbonyl (C=O) groups is 2. The number of allylic oxidation sites excluding steroid dienone is 2. The molecule has 26 heavy (non-hydrogen) atoms. The van der Waals surface area contributed by atoms with Crippen LogP contribution in [0.2, 0.25) is 0 Å². The van der Waals surface area contributed by atoms with Gasteiger partial charge in [0.2, 0.25) is 5.76 Å². The van der Waals surface area contributed by atoms with E-state index < -0.39 is 17.5 Å². The van der Waals surface area contributed by atoms with Crippen molar-refractivity contribution in [2.24, 2.45) is 0 Å². The molecule has 0 bridgehead atoms. The lowest BCUT2D eigenvalue weighted by Gasteiger charge is -2.10. The Hall–Kier alpha value is -3.28. The Morgan fingerprint density at radius 3 is 2.69 bits per heavy atom. The van der Waals surface area contributed by atoms with Gasteiger partial charge in [0, 0.05) is 23.5 Å². The number of hydrogen-bond acceptors (Lipinski definition) is 5. The topological polar surface area (TPSA) is 77.8 Å². The second-order valence-electron chi connectivity index (χ2n) is 5.36. The second-order valence-corrected chi connectivity index (χ2v) is 5.36. The second kappa shape index (κ2) is 9.27. The number of rotatable bonds is 8. The first kappa shape index (κ1) is 19.1. The van der Waals surface area contributed by atoms with Crippen LogP contribution in [-0.4, -0.2) is 35.1 Å². The molecule has 2 aromatic rings. The van der Waals surface area contributed by atoms with Gasteiger partial charge in [-0.3, -0.25) is 4.79 Å². The molecule has 1 aromatic carbocycles. The maximum absolute atomic E-state index is 11.9. The van der Waals surface area contributed by atoms with Gasteiger partial charge in [0.05, 0.1) is 20.3 Å². The average Bonchev–Trinajstić information content (AvgIpc) is 3.07. The summed E-state index contributed by atoms with van der Waals surface area (Å²) in [6.45, 7) is 2.31. The number of carbonyl (C=O) groups excluding carboxylic acids is 2. The Bertz CT molecular complexity index is 832. The van der Waals surface area contributed by atoms with Crippen LogP contribution in [0.4, 0.5) is 0 Å². The molecule has 0 aliphatic carbocycles. The standard InChI is InChI=1S/C20H21NO5/c1-3-26-20(24)18(23)13-17(22)11-10-16-8-6-12-21(16)14-15-7-4-5-9-19(15)25-2/h4-13,23H,3,14H2,1-2H3/b11-10+,18-13-. The molecular formula is C20H21NO5. The Morgan fingerprint density at radius 1 is 1.19 bits per heavy atom. The third kappa shape index (κ3) is 5.11. The van der Waals surface area contributed by atoms with Gasteiger partial charge in [-0.1, -0.05) is 18.2 Å². The average molecular weight is 355 g/mol. The molecule has 1 N–H and O–H groups in total. The van der Waals surface area contributed by atoms with E-state index in [9.17, 15) is 14.7 Å². The number of aliphatic hydroxyl groups excluding tert-OH is 1. The zero-order valence-electron chi connectivity index (χ0n) is 14.7. The van der Waals surface area contributed by atoms with Gasteiger partial charge in [-0.25, -0.2) is 4.79 Å². The molecule has 1 aromatic heterocycles. The van der Waals surface area contributed by atoms with Crippen molar-refractivity contribution in [1.82, 2.24) is 4.57 Å². The van der Waals surface area contributed by atoms with Crippen molar-refractivity contribution in [3.8, 4) is 5.75 Å². The van der Waals surface area contributed by atoms with Crippen LogP contribution >= 0.6 is 0 Å². The fraction of sp³-hybridized carbons (Fsp3) is 0.200. The Morgan fingerprint density at radius 2 is 1.96 bits per heavy atom. The van der Waals surface area contributed by atoms with Gasteiger partial charge in [0.25, 0.3) is 0 Å². The molecule has 0 unspecified atom stereocenters. The first-order valence-corrected chi connectivity index (χ1v) is 8.12. The fourth-order valence-corrected chi connectivity index (χ4v) is 2.35. The summed E-state index contributed by atoms with van der Waals surface area (Å²) >= 11 is 0. The molecule has 0 aliphatic heterocycles. The van der Waals surface area contributed by atoms with Crippen molar-refractivity contribution in [3.63, 3.8) is 0 Å². The normalized spacial score (nSPS) is 11.5. The van der Waals surface area contributed by atoms with E-state index in [1.807, 2.05) is 47.2 Å². The lowest BCUT2D eigenvalue weighted by atomic mass is 10.2. The highest BCUT2D eigenvalue weighted by molar-refractivity contribution is 6.05. The van der Waals surface area contributed by atoms with E-state index in [4.69, 9.17) is 4.74 Å². The lowest BCUT2D eigenvalue weighted by Crippen LogP contribution is -2.08. The first-order valence-electron chi connectivity index (χ1n) is 8.12. The van der Waals surface area contributed by atoms with E-state index in [0.29, 0.717) is 6.54 Å². The summed E-state index contributed by atoms with van der Waals surface area (Å²) < 4.78 is 11.9. The minimum Gasteiger partial charge on any atom is -0.502 e. The highest BCUT2D eigenvalue weighted by atomic mass is 16.5. The Labute approximate surface area is 152 Å². The number of ether oxygens (including phenoxy) is 2. The van der Waals surface area contributed by atoms with Crippen LogP contribution in [0.15, 0.2) is 60.5 Å². The summed E-state index contributed by atoms with van der Waals surface area (Å²) in [5.41, 5.74) is 1.81. The molecule has 0 saturated heterocycles. The maximum Gasteiger partial charge on any atom is 0.373 e. The maximum atomic E-state index is 11.9. The molecule has 6 nitrogen and oxygen atoms in total. The molecular weight excluding hydrogens is 334 g/mol. The highest BCUT2D eigenvalue weighted by Crippen LogP contribution is 2.19. The number of hydrogen-bond donors (Lipinski definition) is 1. The number of ketones is 1. The molecule has 1 heterocycles. The smallest absolute Gasteiger partial charge is 0.373 e. The molecule has 0 atom stereocenters. The number of para-hydroxylation sites is 1. The fourth-order valence-electron chi connectivity index (χ4n) is 2.35. The number of esters is 1. The van der Waals surface area contributed by atoms with Crippen LogP contribution in [-0.2, 0) is 20.9 Å². The van der Waals surface area contributed by atoms with Crippen LogP contribution in [0.1, 0.15) is 18.2 Å². The van der Waals surface area contributed by atoms with Crippen LogP contribution in [0.3, 0.4) is 0 Å². The van der Waals surface area contributed by atoms with Crippen molar-refractivity contribution in [1.29, 1.82) is 0 Å². The number of methoxy groups -OCH3 is 1. The Kier molecular flexibility index (Phi) is 6.79. The monoisotopic (exact) mass is 355 g/mol. The van der Waals surface area contributed by atoms with E-state index >= 15 is 0 Å². The van der Waals surface area contributed by atoms with Crippen molar-refractivity contribution in [3.05, 3.63) is 71.8 Å². The van der Waals surface area contributed by atoms with E-state index in [1.165, 1.54) is 6.08 Å². The zero-order valence-corrected chi connectivity index (χ0v) is 14.7. The van der Waals surface area contributed by atoms with Crippen LogP contribution in [0, 0.1) is 0 Å². The quantitative estimate of drug-likeness (QED) is 0.447. The molecule has 136 valence electrons. The number of aromatic nitrogens is 1. The van der Waals surface area contributed by atoms with Crippen LogP contribution in [0.25, 0.3) is 6.08 Å². The predicted octanol–water partition coefficient (Wildman–Crippen LogP) is 3.13. The van der Waals surface area contributed by atoms with Crippen molar-refractivity contribution in [2.45, 2.75) is 13.5 Å². The molecule has 0 saturated carbocycles. The molecule has 0 fully saturated rings. The van der Waals surface area contributed by atoms with Gasteiger partial charge in [0.15, 0.2) is 5.78 Å². The van der Waals surface area contributed by atoms with Gasteiger partial charge >= 0.3 is 5.97 Å². The van der Waals surface area contributed by atoms with E-state index in [2.05, 4.69) is 4.74 Å². The van der Waals surface area contributed by atoms with Crippen LogP contribution in [0.5, 0.6) is 5.75 Å². The summed E-state index contributed by atoms with van der Waals surface area (Å²) in [6.07, 6.45) is 5.63. The largest absolute Gasteiger partial charge is 0.502 e. The van der Waals surface area contributed by atoms with Gasteiger partial charge in [-0.2, -0.15) is 0 Å². The highest BCUT2D eigenvalue weighted by Gasteiger charge is 2.09. The molecule has 0 spiro atoms. The van der Waals surface area contributed by atoms with Gasteiger partial charge in [-0.05, 0) is 37.3 Å². The van der Waals surface area contributed by atoms with Gasteiger partial charge in [0.1, 0.15) is 5.75 Å². The predicted molar refractivity (Wildman–Crippen MR) is 97.9 cm³/mol. The lowest BCUT2D eigenvalue weighted by molar-refractivity contribution is -0.141. The SMILES string of the molecule is CCOC(=O)/C(O)=C/C(=O)/C=C/c1cccn1Cc1ccccc1OC. The Balaban J connectivity index is 2.11.